The Bertz CT molecular complexity index is 487. The van der Waals surface area contributed by atoms with Crippen LogP contribution < -0.4 is 4.74 Å². The minimum atomic E-state index is -2.84. The van der Waals surface area contributed by atoms with Crippen LogP contribution in [-0.4, -0.2) is 16.4 Å². The van der Waals surface area contributed by atoms with Gasteiger partial charge in [0.2, 0.25) is 0 Å². The first-order valence-corrected chi connectivity index (χ1v) is 4.79. The van der Waals surface area contributed by atoms with Gasteiger partial charge in [-0.1, -0.05) is 17.7 Å². The Morgan fingerprint density at radius 2 is 2.12 bits per heavy atom. The zero-order chi connectivity index (χ0) is 11.5. The lowest BCUT2D eigenvalue weighted by Crippen LogP contribution is -2.03. The highest BCUT2D eigenvalue weighted by Crippen LogP contribution is 2.20. The third-order valence-corrected chi connectivity index (χ3v) is 2.17. The molecule has 0 aliphatic heterocycles. The molecule has 1 aromatic carbocycles. The fraction of sp³-hybridized carbons (Fsp3) is 0.100. The van der Waals surface area contributed by atoms with Crippen molar-refractivity contribution in [2.45, 2.75) is 6.61 Å². The first kappa shape index (κ1) is 10.9. The van der Waals surface area contributed by atoms with Gasteiger partial charge in [-0.3, -0.25) is 0 Å². The Kier molecular flexibility index (Phi) is 3.05. The summed E-state index contributed by atoms with van der Waals surface area (Å²) in [5, 5.41) is 4.35. The van der Waals surface area contributed by atoms with Gasteiger partial charge in [-0.05, 0) is 18.2 Å². The van der Waals surface area contributed by atoms with Gasteiger partial charge < -0.3 is 4.74 Å². The number of benzene rings is 1. The van der Waals surface area contributed by atoms with Gasteiger partial charge in [0, 0.05) is 6.07 Å². The Morgan fingerprint density at radius 3 is 2.75 bits per heavy atom. The van der Waals surface area contributed by atoms with Gasteiger partial charge in [0.05, 0.1) is 11.9 Å². The van der Waals surface area contributed by atoms with Crippen LogP contribution in [0.2, 0.25) is 5.15 Å². The van der Waals surface area contributed by atoms with E-state index in [1.165, 1.54) is 23.0 Å². The van der Waals surface area contributed by atoms with Crippen molar-refractivity contribution >= 4 is 11.6 Å². The van der Waals surface area contributed by atoms with Gasteiger partial charge in [-0.2, -0.15) is 13.9 Å². The molecule has 6 heteroatoms. The molecule has 0 aliphatic carbocycles. The summed E-state index contributed by atoms with van der Waals surface area (Å²) in [7, 11) is 0. The minimum absolute atomic E-state index is 0.0686. The standard InChI is InChI=1S/C10H7ClF2N2O/c11-9-4-5-14-15(9)7-2-1-3-8(6-7)16-10(12)13/h1-6,10H. The number of ether oxygens (including phenoxy) is 1. The molecule has 16 heavy (non-hydrogen) atoms. The van der Waals surface area contributed by atoms with Gasteiger partial charge in [0.25, 0.3) is 0 Å². The van der Waals surface area contributed by atoms with Crippen LogP contribution in [-0.2, 0) is 0 Å². The summed E-state index contributed by atoms with van der Waals surface area (Å²) >= 11 is 5.84. The van der Waals surface area contributed by atoms with E-state index in [0.717, 1.165) is 0 Å². The van der Waals surface area contributed by atoms with Gasteiger partial charge in [0.15, 0.2) is 0 Å². The van der Waals surface area contributed by atoms with Gasteiger partial charge in [-0.15, -0.1) is 0 Å². The highest BCUT2D eigenvalue weighted by Gasteiger charge is 2.07. The van der Waals surface area contributed by atoms with E-state index in [-0.39, 0.29) is 5.75 Å². The van der Waals surface area contributed by atoms with E-state index >= 15 is 0 Å². The van der Waals surface area contributed by atoms with Crippen LogP contribution in [0.5, 0.6) is 5.75 Å². The van der Waals surface area contributed by atoms with E-state index in [1.807, 2.05) is 0 Å². The zero-order valence-electron chi connectivity index (χ0n) is 7.98. The molecular weight excluding hydrogens is 238 g/mol. The van der Waals surface area contributed by atoms with Crippen LogP contribution in [0.4, 0.5) is 8.78 Å². The van der Waals surface area contributed by atoms with E-state index in [0.29, 0.717) is 10.8 Å². The van der Waals surface area contributed by atoms with Crippen LogP contribution in [0, 0.1) is 0 Å². The molecule has 1 heterocycles. The fourth-order valence-corrected chi connectivity index (χ4v) is 1.47. The molecule has 0 radical (unpaired) electrons. The number of halogens is 3. The molecule has 3 nitrogen and oxygen atoms in total. The summed E-state index contributed by atoms with van der Waals surface area (Å²) in [6.45, 7) is -2.84. The maximum absolute atomic E-state index is 12.0. The second-order valence-corrected chi connectivity index (χ2v) is 3.33. The van der Waals surface area contributed by atoms with Crippen molar-refractivity contribution in [1.29, 1.82) is 0 Å². The van der Waals surface area contributed by atoms with E-state index < -0.39 is 6.61 Å². The molecule has 0 saturated heterocycles. The molecule has 0 atom stereocenters. The smallest absolute Gasteiger partial charge is 0.387 e. The van der Waals surface area contributed by atoms with Crippen molar-refractivity contribution in [3.63, 3.8) is 0 Å². The molecule has 0 N–H and O–H groups in total. The molecule has 2 rings (SSSR count). The lowest BCUT2D eigenvalue weighted by Gasteiger charge is -2.07. The average Bonchev–Trinajstić information content (AvgIpc) is 2.64. The minimum Gasteiger partial charge on any atom is -0.435 e. The molecule has 84 valence electrons. The van der Waals surface area contributed by atoms with Crippen molar-refractivity contribution in [3.8, 4) is 11.4 Å². The summed E-state index contributed by atoms with van der Waals surface area (Å²) in [5.41, 5.74) is 0.563. The van der Waals surface area contributed by atoms with Crippen LogP contribution in [0.3, 0.4) is 0 Å². The van der Waals surface area contributed by atoms with Crippen molar-refractivity contribution in [2.24, 2.45) is 0 Å². The lowest BCUT2D eigenvalue weighted by molar-refractivity contribution is -0.0498. The molecule has 1 aromatic heterocycles. The molecule has 0 bridgehead atoms. The second kappa shape index (κ2) is 4.49. The van der Waals surface area contributed by atoms with Crippen LogP contribution in [0.1, 0.15) is 0 Å². The molecule has 0 spiro atoms. The summed E-state index contributed by atoms with van der Waals surface area (Å²) < 4.78 is 29.7. The summed E-state index contributed by atoms with van der Waals surface area (Å²) in [5.74, 6) is 0.0686. The quantitative estimate of drug-likeness (QED) is 0.829. The SMILES string of the molecule is FC(F)Oc1cccc(-n2nccc2Cl)c1. The number of hydrogen-bond donors (Lipinski definition) is 0. The Morgan fingerprint density at radius 1 is 1.31 bits per heavy atom. The Balaban J connectivity index is 2.33. The first-order valence-electron chi connectivity index (χ1n) is 4.41. The van der Waals surface area contributed by atoms with E-state index in [1.54, 1.807) is 18.2 Å². The third-order valence-electron chi connectivity index (χ3n) is 1.88. The zero-order valence-corrected chi connectivity index (χ0v) is 8.73. The summed E-state index contributed by atoms with van der Waals surface area (Å²) in [4.78, 5) is 0. The largest absolute Gasteiger partial charge is 0.435 e. The van der Waals surface area contributed by atoms with Crippen molar-refractivity contribution < 1.29 is 13.5 Å². The van der Waals surface area contributed by atoms with Gasteiger partial charge >= 0.3 is 6.61 Å². The number of alkyl halides is 2. The molecule has 0 aliphatic rings. The maximum atomic E-state index is 12.0. The third kappa shape index (κ3) is 2.30. The molecular formula is C10H7ClF2N2O. The Hall–Kier alpha value is -1.62. The summed E-state index contributed by atoms with van der Waals surface area (Å²) in [6, 6.07) is 7.75. The molecule has 0 unspecified atom stereocenters. The number of hydrogen-bond acceptors (Lipinski definition) is 2. The van der Waals surface area contributed by atoms with Crippen LogP contribution >= 0.6 is 11.6 Å². The van der Waals surface area contributed by atoms with Crippen molar-refractivity contribution in [2.75, 3.05) is 0 Å². The lowest BCUT2D eigenvalue weighted by atomic mass is 10.3. The predicted octanol–water partition coefficient (Wildman–Crippen LogP) is 3.13. The summed E-state index contributed by atoms with van der Waals surface area (Å²) in [6.07, 6.45) is 1.52. The fourth-order valence-electron chi connectivity index (χ4n) is 1.27. The van der Waals surface area contributed by atoms with Crippen LogP contribution in [0.25, 0.3) is 5.69 Å². The number of aromatic nitrogens is 2. The van der Waals surface area contributed by atoms with E-state index in [4.69, 9.17) is 11.6 Å². The number of nitrogens with zero attached hydrogens (tertiary/aromatic N) is 2. The highest BCUT2D eigenvalue weighted by molar-refractivity contribution is 6.29. The van der Waals surface area contributed by atoms with Crippen molar-refractivity contribution in [3.05, 3.63) is 41.7 Å². The monoisotopic (exact) mass is 244 g/mol. The second-order valence-electron chi connectivity index (χ2n) is 2.94. The topological polar surface area (TPSA) is 27.1 Å². The van der Waals surface area contributed by atoms with Gasteiger partial charge in [-0.25, -0.2) is 4.68 Å². The normalized spacial score (nSPS) is 10.8. The Labute approximate surface area is 95.2 Å². The van der Waals surface area contributed by atoms with Crippen LogP contribution in [0.15, 0.2) is 36.5 Å². The first-order chi connectivity index (χ1) is 7.66. The molecule has 0 fully saturated rings. The maximum Gasteiger partial charge on any atom is 0.387 e. The number of rotatable bonds is 3. The van der Waals surface area contributed by atoms with E-state index in [2.05, 4.69) is 9.84 Å². The molecule has 2 aromatic rings. The van der Waals surface area contributed by atoms with E-state index in [9.17, 15) is 8.78 Å². The average molecular weight is 245 g/mol. The van der Waals surface area contributed by atoms with Gasteiger partial charge in [0.1, 0.15) is 10.9 Å². The highest BCUT2D eigenvalue weighted by atomic mass is 35.5. The molecule has 0 amide bonds. The molecule has 0 saturated carbocycles. The van der Waals surface area contributed by atoms with Crippen molar-refractivity contribution in [1.82, 2.24) is 9.78 Å². The predicted molar refractivity (Wildman–Crippen MR) is 55.2 cm³/mol.